The maximum atomic E-state index is 11.7. The van der Waals surface area contributed by atoms with Crippen molar-refractivity contribution in [2.24, 2.45) is 5.92 Å². The molecule has 102 valence electrons. The van der Waals surface area contributed by atoms with Gasteiger partial charge in [-0.05, 0) is 47.0 Å². The minimum Gasteiger partial charge on any atom is -0.481 e. The minimum atomic E-state index is -0.825. The van der Waals surface area contributed by atoms with Gasteiger partial charge in [0.15, 0.2) is 0 Å². The largest absolute Gasteiger partial charge is 0.481 e. The summed E-state index contributed by atoms with van der Waals surface area (Å²) in [4.78, 5) is 23.7. The summed E-state index contributed by atoms with van der Waals surface area (Å²) in [6.45, 7) is 0. The van der Waals surface area contributed by atoms with E-state index in [1.807, 2.05) is 12.1 Å². The highest BCUT2D eigenvalue weighted by molar-refractivity contribution is 9.11. The highest BCUT2D eigenvalue weighted by Crippen LogP contribution is 2.26. The van der Waals surface area contributed by atoms with Crippen molar-refractivity contribution in [3.05, 3.63) is 26.9 Å². The summed E-state index contributed by atoms with van der Waals surface area (Å²) in [5.74, 6) is -1.51. The molecule has 2 rings (SSSR count). The van der Waals surface area contributed by atoms with Gasteiger partial charge in [0.25, 0.3) is 0 Å². The van der Waals surface area contributed by atoms with E-state index in [1.165, 1.54) is 17.4 Å². The van der Waals surface area contributed by atoms with Crippen molar-refractivity contribution in [1.29, 1.82) is 0 Å². The molecule has 0 saturated heterocycles. The summed E-state index contributed by atoms with van der Waals surface area (Å²) in [5.41, 5.74) is 0. The van der Waals surface area contributed by atoms with Gasteiger partial charge in [0.1, 0.15) is 0 Å². The third kappa shape index (κ3) is 3.91. The Morgan fingerprint density at radius 3 is 2.84 bits per heavy atom. The number of amides is 1. The van der Waals surface area contributed by atoms with Gasteiger partial charge in [-0.25, -0.2) is 0 Å². The zero-order valence-electron chi connectivity index (χ0n) is 10.1. The first-order chi connectivity index (χ1) is 9.06. The lowest BCUT2D eigenvalue weighted by Crippen LogP contribution is -2.39. The Morgan fingerprint density at radius 2 is 2.21 bits per heavy atom. The van der Waals surface area contributed by atoms with Crippen LogP contribution in [0.1, 0.15) is 24.1 Å². The number of rotatable bonds is 4. The van der Waals surface area contributed by atoms with Crippen molar-refractivity contribution in [1.82, 2.24) is 5.32 Å². The summed E-state index contributed by atoms with van der Waals surface area (Å²) in [6.07, 6.45) is 5.41. The monoisotopic (exact) mass is 343 g/mol. The molecule has 1 aliphatic rings. The lowest BCUT2D eigenvalue weighted by Gasteiger charge is -2.16. The molecule has 0 aliphatic heterocycles. The summed E-state index contributed by atoms with van der Waals surface area (Å²) < 4.78 is 1.01. The van der Waals surface area contributed by atoms with Crippen LogP contribution in [-0.2, 0) is 9.59 Å². The Labute approximate surface area is 123 Å². The normalized spacial score (nSPS) is 22.8. The molecule has 2 unspecified atom stereocenters. The predicted octanol–water partition coefficient (Wildman–Crippen LogP) is 2.89. The quantitative estimate of drug-likeness (QED) is 0.826. The van der Waals surface area contributed by atoms with Crippen molar-refractivity contribution >= 4 is 45.2 Å². The van der Waals surface area contributed by atoms with E-state index in [1.54, 1.807) is 6.08 Å². The molecule has 19 heavy (non-hydrogen) atoms. The van der Waals surface area contributed by atoms with Crippen LogP contribution in [0.2, 0.25) is 0 Å². The number of carboxylic acids is 1. The number of hydrogen-bond donors (Lipinski definition) is 2. The molecule has 1 aromatic rings. The zero-order chi connectivity index (χ0) is 13.8. The van der Waals surface area contributed by atoms with E-state index >= 15 is 0 Å². The number of thiophene rings is 1. The van der Waals surface area contributed by atoms with Gasteiger partial charge in [0, 0.05) is 17.0 Å². The van der Waals surface area contributed by atoms with Gasteiger partial charge in [-0.2, -0.15) is 0 Å². The molecule has 1 amide bonds. The van der Waals surface area contributed by atoms with Gasteiger partial charge >= 0.3 is 5.97 Å². The maximum absolute atomic E-state index is 11.7. The van der Waals surface area contributed by atoms with Crippen LogP contribution in [0.5, 0.6) is 0 Å². The summed E-state index contributed by atoms with van der Waals surface area (Å²) >= 11 is 4.89. The highest BCUT2D eigenvalue weighted by Gasteiger charge is 2.33. The lowest BCUT2D eigenvalue weighted by atomic mass is 10.0. The highest BCUT2D eigenvalue weighted by atomic mass is 79.9. The van der Waals surface area contributed by atoms with Crippen LogP contribution in [0.15, 0.2) is 22.0 Å². The van der Waals surface area contributed by atoms with Crippen LogP contribution in [0.3, 0.4) is 0 Å². The molecule has 1 aliphatic carbocycles. The van der Waals surface area contributed by atoms with Gasteiger partial charge in [-0.15, -0.1) is 11.3 Å². The smallest absolute Gasteiger partial charge is 0.308 e. The average molecular weight is 344 g/mol. The fraction of sp³-hybridized carbons (Fsp3) is 0.385. The predicted molar refractivity (Wildman–Crippen MR) is 78.0 cm³/mol. The molecule has 1 heterocycles. The van der Waals surface area contributed by atoms with E-state index in [9.17, 15) is 9.59 Å². The van der Waals surface area contributed by atoms with Crippen molar-refractivity contribution < 1.29 is 14.7 Å². The van der Waals surface area contributed by atoms with Crippen molar-refractivity contribution in [3.63, 3.8) is 0 Å². The number of carboxylic acid groups (broad SMARTS) is 1. The Kier molecular flexibility index (Phi) is 4.76. The number of carbonyl (C=O) groups is 2. The second-order valence-corrected chi connectivity index (χ2v) is 6.96. The molecule has 0 spiro atoms. The van der Waals surface area contributed by atoms with Gasteiger partial charge in [-0.1, -0.05) is 6.42 Å². The molecular weight excluding hydrogens is 330 g/mol. The molecule has 0 bridgehead atoms. The molecule has 0 aromatic carbocycles. The van der Waals surface area contributed by atoms with Crippen molar-refractivity contribution in [2.75, 3.05) is 0 Å². The van der Waals surface area contributed by atoms with E-state index in [4.69, 9.17) is 5.11 Å². The van der Waals surface area contributed by atoms with Crippen molar-refractivity contribution in [2.45, 2.75) is 25.3 Å². The van der Waals surface area contributed by atoms with E-state index < -0.39 is 11.9 Å². The molecule has 1 saturated carbocycles. The van der Waals surface area contributed by atoms with Crippen LogP contribution < -0.4 is 5.32 Å². The van der Waals surface area contributed by atoms with Gasteiger partial charge < -0.3 is 10.4 Å². The number of nitrogens with one attached hydrogen (secondary N) is 1. The number of hydrogen-bond acceptors (Lipinski definition) is 3. The molecule has 1 fully saturated rings. The molecule has 2 atom stereocenters. The number of halogens is 1. The van der Waals surface area contributed by atoms with Gasteiger partial charge in [0.2, 0.25) is 5.91 Å². The second-order valence-electron chi connectivity index (χ2n) is 4.47. The van der Waals surface area contributed by atoms with Crippen LogP contribution >= 0.6 is 27.3 Å². The van der Waals surface area contributed by atoms with Crippen LogP contribution in [0.4, 0.5) is 0 Å². The van der Waals surface area contributed by atoms with Gasteiger partial charge in [-0.3, -0.25) is 9.59 Å². The minimum absolute atomic E-state index is 0.234. The SMILES string of the molecule is O=C(C=Cc1ccc(Br)s1)NC1CCCC1C(=O)O. The lowest BCUT2D eigenvalue weighted by molar-refractivity contribution is -0.142. The topological polar surface area (TPSA) is 66.4 Å². The number of aliphatic carboxylic acids is 1. The Bertz CT molecular complexity index is 512. The first-order valence-electron chi connectivity index (χ1n) is 6.03. The molecular formula is C13H14BrNO3S. The molecule has 2 N–H and O–H groups in total. The summed E-state index contributed by atoms with van der Waals surface area (Å²) in [6, 6.07) is 3.58. The van der Waals surface area contributed by atoms with E-state index in [2.05, 4.69) is 21.2 Å². The molecule has 6 heteroatoms. The zero-order valence-corrected chi connectivity index (χ0v) is 12.5. The van der Waals surface area contributed by atoms with Gasteiger partial charge in [0.05, 0.1) is 9.70 Å². The first kappa shape index (κ1) is 14.3. The molecule has 1 aromatic heterocycles. The van der Waals surface area contributed by atoms with Crippen LogP contribution in [0.25, 0.3) is 6.08 Å². The third-order valence-corrected chi connectivity index (χ3v) is 4.74. The maximum Gasteiger partial charge on any atom is 0.308 e. The fourth-order valence-electron chi connectivity index (χ4n) is 2.23. The Balaban J connectivity index is 1.90. The van der Waals surface area contributed by atoms with E-state index in [-0.39, 0.29) is 11.9 Å². The van der Waals surface area contributed by atoms with Crippen LogP contribution in [0, 0.1) is 5.92 Å². The van der Waals surface area contributed by atoms with Crippen molar-refractivity contribution in [3.8, 4) is 0 Å². The third-order valence-electron chi connectivity index (χ3n) is 3.15. The summed E-state index contributed by atoms with van der Waals surface area (Å²) in [7, 11) is 0. The van der Waals surface area contributed by atoms with E-state index in [0.29, 0.717) is 6.42 Å². The Morgan fingerprint density at radius 1 is 1.42 bits per heavy atom. The summed E-state index contributed by atoms with van der Waals surface area (Å²) in [5, 5.41) is 11.8. The van der Waals surface area contributed by atoms with E-state index in [0.717, 1.165) is 21.5 Å². The fourth-order valence-corrected chi connectivity index (χ4v) is 3.56. The van der Waals surface area contributed by atoms with Crippen LogP contribution in [-0.4, -0.2) is 23.0 Å². The second kappa shape index (κ2) is 6.34. The Hall–Kier alpha value is -1.14. The molecule has 4 nitrogen and oxygen atoms in total. The standard InChI is InChI=1S/C13H14BrNO3S/c14-11-6-4-8(19-11)5-7-12(16)15-10-3-1-2-9(10)13(17)18/h4-7,9-10H,1-3H2,(H,15,16)(H,17,18). The first-order valence-corrected chi connectivity index (χ1v) is 7.64. The molecule has 0 radical (unpaired) electrons. The average Bonchev–Trinajstić information content (AvgIpc) is 2.95. The number of carbonyl (C=O) groups excluding carboxylic acids is 1.